The summed E-state index contributed by atoms with van der Waals surface area (Å²) in [6.07, 6.45) is 1.42. The highest BCUT2D eigenvalue weighted by atomic mass is 79.9. The van der Waals surface area contributed by atoms with Crippen molar-refractivity contribution in [1.82, 2.24) is 9.97 Å². The van der Waals surface area contributed by atoms with E-state index in [2.05, 4.69) is 25.9 Å². The predicted molar refractivity (Wildman–Crippen MR) is 69.9 cm³/mol. The zero-order valence-electron chi connectivity index (χ0n) is 8.73. The van der Waals surface area contributed by atoms with Crippen LogP contribution in [0.5, 0.6) is 5.88 Å². The van der Waals surface area contributed by atoms with E-state index in [9.17, 15) is 0 Å². The Kier molecular flexibility index (Phi) is 3.81. The molecule has 0 bridgehead atoms. The lowest BCUT2D eigenvalue weighted by Crippen LogP contribution is -2.02. The summed E-state index contributed by atoms with van der Waals surface area (Å²) in [6, 6.07) is 7.75. The van der Waals surface area contributed by atoms with Crippen LogP contribution in [0.1, 0.15) is 5.56 Å². The fourth-order valence-electron chi connectivity index (χ4n) is 1.23. The van der Waals surface area contributed by atoms with Crippen molar-refractivity contribution in [2.75, 3.05) is 5.73 Å². The van der Waals surface area contributed by atoms with Crippen LogP contribution in [0.2, 0.25) is 5.28 Å². The van der Waals surface area contributed by atoms with Gasteiger partial charge in [-0.1, -0.05) is 34.1 Å². The second-order valence-corrected chi connectivity index (χ2v) is 4.47. The SMILES string of the molecule is Nc1cnc(Cl)nc1OCc1ccccc1Br. The molecule has 0 aliphatic carbocycles. The molecule has 6 heteroatoms. The molecule has 0 atom stereocenters. The lowest BCUT2D eigenvalue weighted by molar-refractivity contribution is 0.294. The lowest BCUT2D eigenvalue weighted by Gasteiger charge is -2.08. The van der Waals surface area contributed by atoms with E-state index in [0.29, 0.717) is 18.2 Å². The molecule has 0 aliphatic rings. The van der Waals surface area contributed by atoms with E-state index in [1.54, 1.807) is 0 Å². The Balaban J connectivity index is 2.12. The van der Waals surface area contributed by atoms with Gasteiger partial charge in [0, 0.05) is 10.0 Å². The third kappa shape index (κ3) is 3.08. The van der Waals surface area contributed by atoms with Crippen molar-refractivity contribution in [3.8, 4) is 5.88 Å². The zero-order valence-corrected chi connectivity index (χ0v) is 11.1. The van der Waals surface area contributed by atoms with E-state index in [4.69, 9.17) is 22.1 Å². The van der Waals surface area contributed by atoms with Gasteiger partial charge in [0.2, 0.25) is 11.2 Å². The van der Waals surface area contributed by atoms with Crippen molar-refractivity contribution >= 4 is 33.2 Å². The van der Waals surface area contributed by atoms with Crippen LogP contribution in [0.4, 0.5) is 5.69 Å². The van der Waals surface area contributed by atoms with Crippen LogP contribution in [0.3, 0.4) is 0 Å². The van der Waals surface area contributed by atoms with Crippen molar-refractivity contribution in [3.05, 3.63) is 45.8 Å². The third-order valence-electron chi connectivity index (χ3n) is 2.07. The summed E-state index contributed by atoms with van der Waals surface area (Å²) < 4.78 is 6.46. The zero-order chi connectivity index (χ0) is 12.3. The number of hydrogen-bond acceptors (Lipinski definition) is 4. The standard InChI is InChI=1S/C11H9BrClN3O/c12-8-4-2-1-3-7(8)6-17-10-9(14)5-15-11(13)16-10/h1-5H,6,14H2. The normalized spacial score (nSPS) is 10.2. The van der Waals surface area contributed by atoms with Gasteiger partial charge in [0.1, 0.15) is 12.3 Å². The van der Waals surface area contributed by atoms with Crippen molar-refractivity contribution in [2.45, 2.75) is 6.61 Å². The quantitative estimate of drug-likeness (QED) is 0.885. The van der Waals surface area contributed by atoms with E-state index < -0.39 is 0 Å². The summed E-state index contributed by atoms with van der Waals surface area (Å²) in [6.45, 7) is 0.360. The van der Waals surface area contributed by atoms with Crippen molar-refractivity contribution in [2.24, 2.45) is 0 Å². The Morgan fingerprint density at radius 1 is 1.35 bits per heavy atom. The summed E-state index contributed by atoms with van der Waals surface area (Å²) in [5.41, 5.74) is 7.04. The van der Waals surface area contributed by atoms with Gasteiger partial charge in [-0.05, 0) is 17.7 Å². The number of hydrogen-bond donors (Lipinski definition) is 1. The summed E-state index contributed by atoms with van der Waals surface area (Å²) in [5, 5.41) is 0.112. The predicted octanol–water partition coefficient (Wildman–Crippen LogP) is 3.05. The van der Waals surface area contributed by atoms with E-state index in [1.165, 1.54) is 6.20 Å². The van der Waals surface area contributed by atoms with Gasteiger partial charge in [-0.15, -0.1) is 0 Å². The molecule has 17 heavy (non-hydrogen) atoms. The topological polar surface area (TPSA) is 61.0 Å². The summed E-state index contributed by atoms with van der Waals surface area (Å²) in [5.74, 6) is 0.292. The molecule has 0 saturated heterocycles. The lowest BCUT2D eigenvalue weighted by atomic mass is 10.2. The van der Waals surface area contributed by atoms with Crippen molar-refractivity contribution in [1.29, 1.82) is 0 Å². The summed E-state index contributed by atoms with van der Waals surface area (Å²) in [4.78, 5) is 7.66. The van der Waals surface area contributed by atoms with E-state index in [-0.39, 0.29) is 5.28 Å². The highest BCUT2D eigenvalue weighted by molar-refractivity contribution is 9.10. The van der Waals surface area contributed by atoms with E-state index >= 15 is 0 Å². The summed E-state index contributed by atoms with van der Waals surface area (Å²) in [7, 11) is 0. The molecular weight excluding hydrogens is 305 g/mol. The van der Waals surface area contributed by atoms with Gasteiger partial charge in [-0.2, -0.15) is 4.98 Å². The highest BCUT2D eigenvalue weighted by Gasteiger charge is 2.06. The number of ether oxygens (including phenoxy) is 1. The fraction of sp³-hybridized carbons (Fsp3) is 0.0909. The Hall–Kier alpha value is -1.33. The molecule has 0 radical (unpaired) electrons. The molecule has 0 spiro atoms. The Morgan fingerprint density at radius 3 is 2.88 bits per heavy atom. The fourth-order valence-corrected chi connectivity index (χ4v) is 1.76. The molecule has 4 nitrogen and oxygen atoms in total. The number of rotatable bonds is 3. The minimum absolute atomic E-state index is 0.112. The second-order valence-electron chi connectivity index (χ2n) is 3.28. The maximum Gasteiger partial charge on any atom is 0.241 e. The highest BCUT2D eigenvalue weighted by Crippen LogP contribution is 2.22. The number of benzene rings is 1. The molecule has 0 unspecified atom stereocenters. The van der Waals surface area contributed by atoms with Crippen molar-refractivity contribution < 1.29 is 4.74 Å². The van der Waals surface area contributed by atoms with Gasteiger partial charge in [0.05, 0.1) is 6.20 Å². The maximum atomic E-state index is 5.67. The molecule has 2 N–H and O–H groups in total. The largest absolute Gasteiger partial charge is 0.471 e. The van der Waals surface area contributed by atoms with Gasteiger partial charge in [0.25, 0.3) is 0 Å². The van der Waals surface area contributed by atoms with Gasteiger partial charge in [-0.25, -0.2) is 4.98 Å². The first kappa shape index (κ1) is 12.1. The third-order valence-corrected chi connectivity index (χ3v) is 3.03. The molecule has 88 valence electrons. The van der Waals surface area contributed by atoms with Gasteiger partial charge < -0.3 is 10.5 Å². The first-order valence-corrected chi connectivity index (χ1v) is 5.98. The number of nitrogens with two attached hydrogens (primary N) is 1. The monoisotopic (exact) mass is 313 g/mol. The number of halogens is 2. The average Bonchev–Trinajstić information content (AvgIpc) is 2.32. The molecule has 2 rings (SSSR count). The van der Waals surface area contributed by atoms with Gasteiger partial charge in [0.15, 0.2) is 0 Å². The molecule has 1 heterocycles. The van der Waals surface area contributed by atoms with E-state index in [1.807, 2.05) is 24.3 Å². The minimum Gasteiger partial charge on any atom is -0.471 e. The maximum absolute atomic E-state index is 5.67. The molecule has 0 fully saturated rings. The number of anilines is 1. The number of nitrogen functional groups attached to an aromatic ring is 1. The molecular formula is C11H9BrClN3O. The van der Waals surface area contributed by atoms with Gasteiger partial charge >= 0.3 is 0 Å². The molecule has 0 aliphatic heterocycles. The van der Waals surface area contributed by atoms with E-state index in [0.717, 1.165) is 10.0 Å². The van der Waals surface area contributed by atoms with Crippen molar-refractivity contribution in [3.63, 3.8) is 0 Å². The molecule has 0 saturated carbocycles. The number of aromatic nitrogens is 2. The molecule has 1 aromatic carbocycles. The molecule has 0 amide bonds. The smallest absolute Gasteiger partial charge is 0.241 e. The molecule has 2 aromatic rings. The molecule has 1 aromatic heterocycles. The first-order chi connectivity index (χ1) is 8.16. The Labute approximate surface area is 112 Å². The Bertz CT molecular complexity index is 536. The minimum atomic E-state index is 0.112. The summed E-state index contributed by atoms with van der Waals surface area (Å²) >= 11 is 9.10. The van der Waals surface area contributed by atoms with Gasteiger partial charge in [-0.3, -0.25) is 0 Å². The van der Waals surface area contributed by atoms with Crippen LogP contribution in [0.15, 0.2) is 34.9 Å². The second kappa shape index (κ2) is 5.33. The van der Waals surface area contributed by atoms with Crippen LogP contribution in [-0.2, 0) is 6.61 Å². The van der Waals surface area contributed by atoms with Crippen LogP contribution >= 0.6 is 27.5 Å². The average molecular weight is 315 g/mol. The number of nitrogens with zero attached hydrogens (tertiary/aromatic N) is 2. The van der Waals surface area contributed by atoms with Crippen LogP contribution in [0.25, 0.3) is 0 Å². The van der Waals surface area contributed by atoms with Crippen LogP contribution in [-0.4, -0.2) is 9.97 Å². The van der Waals surface area contributed by atoms with Crippen LogP contribution < -0.4 is 10.5 Å². The Morgan fingerprint density at radius 2 is 2.12 bits per heavy atom. The van der Waals surface area contributed by atoms with Crippen LogP contribution in [0, 0.1) is 0 Å². The first-order valence-electron chi connectivity index (χ1n) is 4.81.